The summed E-state index contributed by atoms with van der Waals surface area (Å²) in [6.45, 7) is 2.43. The molecule has 106 valence electrons. The number of fused-ring (bicyclic) bond motifs is 1. The average molecular weight is 291 g/mol. The van der Waals surface area contributed by atoms with Crippen molar-refractivity contribution >= 4 is 22.2 Å². The highest BCUT2D eigenvalue weighted by molar-refractivity contribution is 7.16. The number of thiophene rings is 1. The number of carbonyl (C=O) groups excluding carboxylic acids is 1. The Morgan fingerprint density at radius 1 is 1.60 bits per heavy atom. The van der Waals surface area contributed by atoms with Crippen molar-refractivity contribution in [2.75, 3.05) is 18.5 Å². The maximum absolute atomic E-state index is 12.0. The SMILES string of the molecule is N#Cc1c(NC(=O)CC2CCCO2)sc2c1CCNC2. The molecule has 3 heterocycles. The molecule has 3 rings (SSSR count). The summed E-state index contributed by atoms with van der Waals surface area (Å²) in [5.41, 5.74) is 1.75. The number of nitrogens with one attached hydrogen (secondary N) is 2. The standard InChI is InChI=1S/C14H17N3O2S/c15-7-11-10-3-4-16-8-12(10)20-14(11)17-13(18)6-9-2-1-5-19-9/h9,16H,1-6,8H2,(H,17,18). The summed E-state index contributed by atoms with van der Waals surface area (Å²) in [6.07, 6.45) is 3.25. The lowest BCUT2D eigenvalue weighted by Crippen LogP contribution is -2.22. The molecule has 0 saturated carbocycles. The fourth-order valence-corrected chi connectivity index (χ4v) is 3.91. The Labute approximate surface area is 121 Å². The largest absolute Gasteiger partial charge is 0.378 e. The molecule has 0 spiro atoms. The van der Waals surface area contributed by atoms with Crippen molar-refractivity contribution < 1.29 is 9.53 Å². The van der Waals surface area contributed by atoms with Gasteiger partial charge in [-0.2, -0.15) is 5.26 Å². The van der Waals surface area contributed by atoms with Crippen LogP contribution in [-0.2, 0) is 22.5 Å². The lowest BCUT2D eigenvalue weighted by Gasteiger charge is -2.11. The van der Waals surface area contributed by atoms with Crippen LogP contribution in [0.3, 0.4) is 0 Å². The summed E-state index contributed by atoms with van der Waals surface area (Å²) in [5.74, 6) is -0.0556. The molecular weight excluding hydrogens is 274 g/mol. The van der Waals surface area contributed by atoms with Gasteiger partial charge in [0.15, 0.2) is 0 Å². The fourth-order valence-electron chi connectivity index (χ4n) is 2.73. The highest BCUT2D eigenvalue weighted by atomic mass is 32.1. The predicted octanol–water partition coefficient (Wildman–Crippen LogP) is 1.77. The summed E-state index contributed by atoms with van der Waals surface area (Å²) in [4.78, 5) is 13.2. The Hall–Kier alpha value is -1.42. The Kier molecular flexibility index (Phi) is 4.01. The maximum Gasteiger partial charge on any atom is 0.227 e. The Balaban J connectivity index is 1.72. The third kappa shape index (κ3) is 2.70. The molecule has 1 saturated heterocycles. The molecule has 1 atom stereocenters. The zero-order valence-electron chi connectivity index (χ0n) is 11.2. The number of nitriles is 1. The second kappa shape index (κ2) is 5.92. The minimum atomic E-state index is -0.0556. The van der Waals surface area contributed by atoms with Crippen molar-refractivity contribution in [1.29, 1.82) is 5.26 Å². The summed E-state index contributed by atoms with van der Waals surface area (Å²) >= 11 is 1.52. The molecule has 20 heavy (non-hydrogen) atoms. The molecule has 0 radical (unpaired) electrons. The van der Waals surface area contributed by atoms with Crippen molar-refractivity contribution in [3.63, 3.8) is 0 Å². The molecule has 2 aliphatic heterocycles. The van der Waals surface area contributed by atoms with Gasteiger partial charge in [-0.1, -0.05) is 0 Å². The molecular formula is C14H17N3O2S. The minimum absolute atomic E-state index is 0.0387. The minimum Gasteiger partial charge on any atom is -0.378 e. The van der Waals surface area contributed by atoms with Crippen LogP contribution in [0.5, 0.6) is 0 Å². The van der Waals surface area contributed by atoms with Crippen LogP contribution in [-0.4, -0.2) is 25.2 Å². The topological polar surface area (TPSA) is 74.2 Å². The molecule has 1 amide bonds. The smallest absolute Gasteiger partial charge is 0.227 e. The van der Waals surface area contributed by atoms with Gasteiger partial charge >= 0.3 is 0 Å². The highest BCUT2D eigenvalue weighted by Gasteiger charge is 2.23. The van der Waals surface area contributed by atoms with Gasteiger partial charge in [-0.15, -0.1) is 11.3 Å². The number of nitrogens with zero attached hydrogens (tertiary/aromatic N) is 1. The van der Waals surface area contributed by atoms with Gasteiger partial charge in [0.2, 0.25) is 5.91 Å². The molecule has 2 aliphatic rings. The van der Waals surface area contributed by atoms with E-state index in [0.29, 0.717) is 17.0 Å². The predicted molar refractivity (Wildman–Crippen MR) is 76.7 cm³/mol. The molecule has 6 heteroatoms. The Bertz CT molecular complexity index is 556. The van der Waals surface area contributed by atoms with Gasteiger partial charge in [0, 0.05) is 18.0 Å². The van der Waals surface area contributed by atoms with Crippen LogP contribution in [0.15, 0.2) is 0 Å². The molecule has 5 nitrogen and oxygen atoms in total. The number of ether oxygens (including phenoxy) is 1. The first-order valence-electron chi connectivity index (χ1n) is 6.94. The van der Waals surface area contributed by atoms with E-state index in [2.05, 4.69) is 16.7 Å². The number of carbonyl (C=O) groups is 1. The average Bonchev–Trinajstić information content (AvgIpc) is 3.05. The number of rotatable bonds is 3. The van der Waals surface area contributed by atoms with E-state index in [4.69, 9.17) is 4.74 Å². The summed E-state index contributed by atoms with van der Waals surface area (Å²) in [7, 11) is 0. The molecule has 2 N–H and O–H groups in total. The summed E-state index contributed by atoms with van der Waals surface area (Å²) < 4.78 is 5.47. The van der Waals surface area contributed by atoms with E-state index in [1.165, 1.54) is 16.2 Å². The summed E-state index contributed by atoms with van der Waals surface area (Å²) in [5, 5.41) is 16.2. The normalized spacial score (nSPS) is 21.2. The van der Waals surface area contributed by atoms with Gasteiger partial charge in [-0.3, -0.25) is 4.79 Å². The van der Waals surface area contributed by atoms with Crippen LogP contribution < -0.4 is 10.6 Å². The molecule has 1 aromatic rings. The Morgan fingerprint density at radius 3 is 3.25 bits per heavy atom. The van der Waals surface area contributed by atoms with Gasteiger partial charge in [-0.05, 0) is 31.4 Å². The number of hydrogen-bond donors (Lipinski definition) is 2. The van der Waals surface area contributed by atoms with E-state index in [9.17, 15) is 10.1 Å². The van der Waals surface area contributed by atoms with E-state index in [1.54, 1.807) is 0 Å². The molecule has 0 aliphatic carbocycles. The summed E-state index contributed by atoms with van der Waals surface area (Å²) in [6, 6.07) is 2.24. The van der Waals surface area contributed by atoms with Crippen molar-refractivity contribution in [2.24, 2.45) is 0 Å². The quantitative estimate of drug-likeness (QED) is 0.890. The van der Waals surface area contributed by atoms with E-state index < -0.39 is 0 Å². The number of hydrogen-bond acceptors (Lipinski definition) is 5. The van der Waals surface area contributed by atoms with Crippen molar-refractivity contribution in [3.05, 3.63) is 16.0 Å². The van der Waals surface area contributed by atoms with Gasteiger partial charge in [0.1, 0.15) is 11.1 Å². The van der Waals surface area contributed by atoms with E-state index in [0.717, 1.165) is 44.5 Å². The van der Waals surface area contributed by atoms with Crippen molar-refractivity contribution in [2.45, 2.75) is 38.3 Å². The molecule has 1 fully saturated rings. The Morgan fingerprint density at radius 2 is 2.50 bits per heavy atom. The van der Waals surface area contributed by atoms with E-state index in [-0.39, 0.29) is 12.0 Å². The van der Waals surface area contributed by atoms with E-state index in [1.807, 2.05) is 0 Å². The second-order valence-corrected chi connectivity index (χ2v) is 6.24. The van der Waals surface area contributed by atoms with Crippen molar-refractivity contribution in [3.8, 4) is 6.07 Å². The van der Waals surface area contributed by atoms with Gasteiger partial charge < -0.3 is 15.4 Å². The molecule has 1 aromatic heterocycles. The van der Waals surface area contributed by atoms with Gasteiger partial charge in [0.05, 0.1) is 18.1 Å². The fraction of sp³-hybridized carbons (Fsp3) is 0.571. The third-order valence-corrected chi connectivity index (χ3v) is 4.88. The lowest BCUT2D eigenvalue weighted by molar-refractivity contribution is -0.118. The van der Waals surface area contributed by atoms with Gasteiger partial charge in [0.25, 0.3) is 0 Å². The lowest BCUT2D eigenvalue weighted by atomic mass is 10.0. The van der Waals surface area contributed by atoms with Crippen LogP contribution in [0.25, 0.3) is 0 Å². The van der Waals surface area contributed by atoms with Crippen LogP contribution in [0.2, 0.25) is 0 Å². The monoisotopic (exact) mass is 291 g/mol. The van der Waals surface area contributed by atoms with Crippen LogP contribution in [0, 0.1) is 11.3 Å². The molecule has 1 unspecified atom stereocenters. The van der Waals surface area contributed by atoms with Crippen LogP contribution in [0.4, 0.5) is 5.00 Å². The first-order chi connectivity index (χ1) is 9.78. The zero-order chi connectivity index (χ0) is 13.9. The second-order valence-electron chi connectivity index (χ2n) is 5.13. The number of amides is 1. The third-order valence-electron chi connectivity index (χ3n) is 3.73. The maximum atomic E-state index is 12.0. The first-order valence-corrected chi connectivity index (χ1v) is 7.76. The first kappa shape index (κ1) is 13.6. The van der Waals surface area contributed by atoms with Crippen molar-refractivity contribution in [1.82, 2.24) is 5.32 Å². The number of anilines is 1. The van der Waals surface area contributed by atoms with Crippen LogP contribution >= 0.6 is 11.3 Å². The van der Waals surface area contributed by atoms with Gasteiger partial charge in [-0.25, -0.2) is 0 Å². The molecule has 0 aromatic carbocycles. The van der Waals surface area contributed by atoms with Crippen LogP contribution in [0.1, 0.15) is 35.3 Å². The molecule has 0 bridgehead atoms. The highest BCUT2D eigenvalue weighted by Crippen LogP contribution is 2.35. The zero-order valence-corrected chi connectivity index (χ0v) is 12.0. The van der Waals surface area contributed by atoms with E-state index >= 15 is 0 Å².